The Hall–Kier alpha value is -2.12. The van der Waals surface area contributed by atoms with E-state index in [2.05, 4.69) is 11.0 Å². The lowest BCUT2D eigenvalue weighted by Gasteiger charge is -2.35. The topological polar surface area (TPSA) is 70.2 Å². The van der Waals surface area contributed by atoms with Crippen molar-refractivity contribution in [3.05, 3.63) is 29.3 Å². The number of likely N-dealkylation sites (tertiary alicyclic amines) is 2. The molecule has 1 aromatic carbocycles. The number of rotatable bonds is 7. The third kappa shape index (κ3) is 6.18. The van der Waals surface area contributed by atoms with Crippen molar-refractivity contribution in [3.8, 4) is 5.75 Å². The van der Waals surface area contributed by atoms with Crippen LogP contribution >= 0.6 is 12.4 Å². The minimum atomic E-state index is -0.333. The van der Waals surface area contributed by atoms with E-state index in [1.54, 1.807) is 14.1 Å². The number of benzene rings is 1. The molecule has 1 aromatic rings. The minimum Gasteiger partial charge on any atom is -0.410 e. The number of nitrogens with zero attached hydrogens (tertiary/aromatic N) is 3. The molecule has 0 unspecified atom stereocenters. The second-order valence-corrected chi connectivity index (χ2v) is 11.1. The van der Waals surface area contributed by atoms with Crippen LogP contribution in [0.4, 0.5) is 4.79 Å². The van der Waals surface area contributed by atoms with E-state index in [0.717, 1.165) is 51.6 Å². The summed E-state index contributed by atoms with van der Waals surface area (Å²) in [5.41, 5.74) is 2.33. The van der Waals surface area contributed by atoms with Gasteiger partial charge in [-0.2, -0.15) is 0 Å². The molecule has 0 radical (unpaired) electrons. The van der Waals surface area contributed by atoms with Crippen LogP contribution in [0.2, 0.25) is 0 Å². The summed E-state index contributed by atoms with van der Waals surface area (Å²) >= 11 is 0. The Bertz CT molecular complexity index is 928. The van der Waals surface area contributed by atoms with Crippen LogP contribution in [-0.4, -0.2) is 72.4 Å². The van der Waals surface area contributed by atoms with Gasteiger partial charge in [0.05, 0.1) is 0 Å². The molecule has 194 valence electrons. The monoisotopic (exact) mass is 505 g/mol. The Labute approximate surface area is 215 Å². The number of carbonyl (C=O) groups is 3. The summed E-state index contributed by atoms with van der Waals surface area (Å²) in [5.74, 6) is 1.17. The number of imide groups is 1. The predicted molar refractivity (Wildman–Crippen MR) is 138 cm³/mol. The number of hydrogen-bond donors (Lipinski definition) is 0. The summed E-state index contributed by atoms with van der Waals surface area (Å²) in [7, 11) is 3.40. The molecule has 1 aliphatic carbocycles. The van der Waals surface area contributed by atoms with Crippen molar-refractivity contribution < 1.29 is 19.1 Å². The van der Waals surface area contributed by atoms with Crippen LogP contribution in [0, 0.1) is 5.41 Å². The summed E-state index contributed by atoms with van der Waals surface area (Å²) in [5, 5.41) is 0. The second-order valence-electron chi connectivity index (χ2n) is 11.1. The van der Waals surface area contributed by atoms with E-state index in [1.165, 1.54) is 20.9 Å². The molecule has 2 atom stereocenters. The van der Waals surface area contributed by atoms with Crippen molar-refractivity contribution in [3.63, 3.8) is 0 Å². The van der Waals surface area contributed by atoms with Crippen molar-refractivity contribution in [1.82, 2.24) is 14.7 Å². The van der Waals surface area contributed by atoms with Gasteiger partial charge in [0, 0.05) is 45.4 Å². The van der Waals surface area contributed by atoms with Gasteiger partial charge in [0.25, 0.3) is 0 Å². The average Bonchev–Trinajstić information content (AvgIpc) is 3.18. The molecule has 2 saturated heterocycles. The molecule has 7 nitrogen and oxygen atoms in total. The van der Waals surface area contributed by atoms with E-state index < -0.39 is 0 Å². The predicted octanol–water partition coefficient (Wildman–Crippen LogP) is 4.62. The van der Waals surface area contributed by atoms with E-state index in [1.807, 2.05) is 26.0 Å². The maximum Gasteiger partial charge on any atom is 0.414 e. The molecule has 8 heteroatoms. The van der Waals surface area contributed by atoms with Gasteiger partial charge >= 0.3 is 6.09 Å². The standard InChI is InChI=1S/C27H39N3O4.ClH/c1-27(2)17-24(31)30(25(32)18-27)15-7-5-6-14-29-16-13-20-19-9-8-10-23(34-26(33)28(3)4)21(19)11-12-22(20)29;/h8-10,20,22H,5-7,11-18H2,1-4H3;1H/t20-,22+;/m1./s1. The van der Waals surface area contributed by atoms with Gasteiger partial charge in [-0.1, -0.05) is 32.4 Å². The summed E-state index contributed by atoms with van der Waals surface area (Å²) in [6.45, 7) is 6.69. The molecule has 0 spiro atoms. The van der Waals surface area contributed by atoms with E-state index in [4.69, 9.17) is 4.74 Å². The van der Waals surface area contributed by atoms with Gasteiger partial charge in [-0.3, -0.25) is 19.4 Å². The summed E-state index contributed by atoms with van der Waals surface area (Å²) < 4.78 is 5.64. The third-order valence-corrected chi connectivity index (χ3v) is 7.67. The molecular formula is C27H40ClN3O4. The molecule has 0 aromatic heterocycles. The van der Waals surface area contributed by atoms with Crippen LogP contribution in [0.1, 0.15) is 75.8 Å². The Morgan fingerprint density at radius 2 is 1.74 bits per heavy atom. The number of unbranched alkanes of at least 4 members (excludes halogenated alkanes) is 2. The Morgan fingerprint density at radius 1 is 1.06 bits per heavy atom. The molecule has 0 N–H and O–H groups in total. The smallest absolute Gasteiger partial charge is 0.410 e. The number of carbonyl (C=O) groups excluding carboxylic acids is 3. The second kappa shape index (κ2) is 11.3. The van der Waals surface area contributed by atoms with Gasteiger partial charge in [0.15, 0.2) is 0 Å². The van der Waals surface area contributed by atoms with Gasteiger partial charge in [0.1, 0.15) is 5.75 Å². The molecule has 4 rings (SSSR count). The first-order valence-electron chi connectivity index (χ1n) is 12.7. The fourth-order valence-electron chi connectivity index (χ4n) is 5.93. The molecule has 2 aliphatic heterocycles. The van der Waals surface area contributed by atoms with Gasteiger partial charge in [-0.25, -0.2) is 4.79 Å². The zero-order valence-electron chi connectivity index (χ0n) is 21.5. The quantitative estimate of drug-likeness (QED) is 0.399. The fraction of sp³-hybridized carbons (Fsp3) is 0.667. The van der Waals surface area contributed by atoms with Crippen molar-refractivity contribution in [2.75, 3.05) is 33.7 Å². The lowest BCUT2D eigenvalue weighted by molar-refractivity contribution is -0.152. The number of halogens is 1. The van der Waals surface area contributed by atoms with Crippen LogP contribution in [-0.2, 0) is 16.0 Å². The van der Waals surface area contributed by atoms with Crippen LogP contribution in [0.15, 0.2) is 18.2 Å². The lowest BCUT2D eigenvalue weighted by atomic mass is 9.79. The first-order chi connectivity index (χ1) is 16.2. The molecule has 35 heavy (non-hydrogen) atoms. The first-order valence-corrected chi connectivity index (χ1v) is 12.7. The SMILES string of the molecule is CN(C)C(=O)Oc1cccc2c1CC[C@H]1[C@@H]2CCN1CCCCCN1C(=O)CC(C)(C)CC1=O.Cl. The van der Waals surface area contributed by atoms with Gasteiger partial charge in [0.2, 0.25) is 11.8 Å². The van der Waals surface area contributed by atoms with Crippen molar-refractivity contribution >= 4 is 30.3 Å². The van der Waals surface area contributed by atoms with Crippen molar-refractivity contribution in [2.24, 2.45) is 5.41 Å². The molecule has 3 amide bonds. The van der Waals surface area contributed by atoms with E-state index >= 15 is 0 Å². The number of hydrogen-bond acceptors (Lipinski definition) is 5. The fourth-order valence-corrected chi connectivity index (χ4v) is 5.93. The Morgan fingerprint density at radius 3 is 2.43 bits per heavy atom. The van der Waals surface area contributed by atoms with Crippen LogP contribution < -0.4 is 4.74 Å². The third-order valence-electron chi connectivity index (χ3n) is 7.67. The Balaban J connectivity index is 0.00000342. The largest absolute Gasteiger partial charge is 0.414 e. The highest BCUT2D eigenvalue weighted by molar-refractivity contribution is 5.98. The van der Waals surface area contributed by atoms with Gasteiger partial charge in [-0.15, -0.1) is 12.4 Å². The first kappa shape index (κ1) is 27.5. The number of ether oxygens (including phenoxy) is 1. The zero-order valence-corrected chi connectivity index (χ0v) is 22.4. The van der Waals surface area contributed by atoms with Gasteiger partial charge in [-0.05, 0) is 67.8 Å². The van der Waals surface area contributed by atoms with Crippen LogP contribution in [0.5, 0.6) is 5.75 Å². The number of piperidine rings is 1. The number of fused-ring (bicyclic) bond motifs is 3. The maximum absolute atomic E-state index is 12.3. The van der Waals surface area contributed by atoms with Crippen LogP contribution in [0.25, 0.3) is 0 Å². The number of amides is 3. The maximum atomic E-state index is 12.3. The van der Waals surface area contributed by atoms with Crippen molar-refractivity contribution in [1.29, 1.82) is 0 Å². The normalized spacial score (nSPS) is 23.4. The zero-order chi connectivity index (χ0) is 24.5. The van der Waals surface area contributed by atoms with Gasteiger partial charge < -0.3 is 9.64 Å². The van der Waals surface area contributed by atoms with Crippen molar-refractivity contribution in [2.45, 2.75) is 77.2 Å². The lowest BCUT2D eigenvalue weighted by Crippen LogP contribution is -2.46. The average molecular weight is 506 g/mol. The molecule has 2 fully saturated rings. The highest BCUT2D eigenvalue weighted by Crippen LogP contribution is 2.44. The van der Waals surface area contributed by atoms with E-state index in [9.17, 15) is 14.4 Å². The summed E-state index contributed by atoms with van der Waals surface area (Å²) in [6, 6.07) is 6.66. The highest BCUT2D eigenvalue weighted by atomic mass is 35.5. The Kier molecular flexibility index (Phi) is 8.86. The summed E-state index contributed by atoms with van der Waals surface area (Å²) in [4.78, 5) is 42.3. The summed E-state index contributed by atoms with van der Waals surface area (Å²) in [6.07, 6.45) is 6.73. The van der Waals surface area contributed by atoms with E-state index in [-0.39, 0.29) is 35.7 Å². The molecular weight excluding hydrogens is 466 g/mol. The highest BCUT2D eigenvalue weighted by Gasteiger charge is 2.39. The molecule has 0 bridgehead atoms. The van der Waals surface area contributed by atoms with Crippen LogP contribution in [0.3, 0.4) is 0 Å². The molecule has 2 heterocycles. The molecule has 3 aliphatic rings. The minimum absolute atomic E-state index is 0. The molecule has 0 saturated carbocycles. The van der Waals surface area contributed by atoms with E-state index in [0.29, 0.717) is 37.1 Å².